The van der Waals surface area contributed by atoms with Gasteiger partial charge in [-0.3, -0.25) is 0 Å². The summed E-state index contributed by atoms with van der Waals surface area (Å²) in [6.45, 7) is 0.879. The van der Waals surface area contributed by atoms with Crippen LogP contribution in [0.25, 0.3) is 0 Å². The number of thioether (sulfide) groups is 1. The Kier molecular flexibility index (Phi) is 2.93. The number of anilines is 2. The van der Waals surface area contributed by atoms with Crippen LogP contribution in [0.1, 0.15) is 12.8 Å². The van der Waals surface area contributed by atoms with Crippen LogP contribution in [0, 0.1) is 0 Å². The summed E-state index contributed by atoms with van der Waals surface area (Å²) in [5.74, 6) is 0.875. The minimum Gasteiger partial charge on any atom is -0.368 e. The molecule has 0 aliphatic heterocycles. The average Bonchev–Trinajstić information content (AvgIpc) is 3.00. The molecule has 0 spiro atoms. The fraction of sp³-hybridized carbons (Fsp3) is 0.556. The summed E-state index contributed by atoms with van der Waals surface area (Å²) < 4.78 is 0.378. The first-order chi connectivity index (χ1) is 7.15. The van der Waals surface area contributed by atoms with Crippen LogP contribution in [0.3, 0.4) is 0 Å². The number of nitrogens with one attached hydrogen (secondary N) is 1. The number of nitrogens with zero attached hydrogens (tertiary/aromatic N) is 2. The molecule has 0 unspecified atom stereocenters. The molecule has 4 nitrogen and oxygen atoms in total. The Morgan fingerprint density at radius 2 is 2.40 bits per heavy atom. The molecule has 2 rings (SSSR count). The van der Waals surface area contributed by atoms with Crippen molar-refractivity contribution in [1.29, 1.82) is 0 Å². The Bertz CT molecular complexity index is 367. The molecule has 1 saturated carbocycles. The Balaban J connectivity index is 2.01. The molecule has 1 aliphatic rings. The van der Waals surface area contributed by atoms with Gasteiger partial charge >= 0.3 is 0 Å². The molecule has 1 aromatic heterocycles. The van der Waals surface area contributed by atoms with E-state index in [0.29, 0.717) is 15.6 Å². The van der Waals surface area contributed by atoms with Crippen LogP contribution in [0.2, 0.25) is 5.02 Å². The maximum Gasteiger partial charge on any atom is 0.222 e. The van der Waals surface area contributed by atoms with Crippen LogP contribution in [-0.2, 0) is 0 Å². The van der Waals surface area contributed by atoms with Gasteiger partial charge in [-0.2, -0.15) is 16.7 Å². The van der Waals surface area contributed by atoms with Crippen molar-refractivity contribution >= 4 is 35.1 Å². The average molecular weight is 245 g/mol. The standard InChI is InChI=1S/C9H13ClN4S/c1-15-9(2-3-9)5-13-7-6(10)4-12-8(11)14-7/h4H,2-3,5H2,1H3,(H3,11,12,13,14). The van der Waals surface area contributed by atoms with Crippen LogP contribution in [0.5, 0.6) is 0 Å². The Morgan fingerprint density at radius 3 is 3.00 bits per heavy atom. The number of hydrogen-bond acceptors (Lipinski definition) is 5. The second kappa shape index (κ2) is 4.06. The SMILES string of the molecule is CSC1(CNc2nc(N)ncc2Cl)CC1. The maximum atomic E-state index is 5.94. The lowest BCUT2D eigenvalue weighted by Crippen LogP contribution is -2.18. The van der Waals surface area contributed by atoms with Crippen LogP contribution >= 0.6 is 23.4 Å². The highest BCUT2D eigenvalue weighted by molar-refractivity contribution is 8.00. The third kappa shape index (κ3) is 2.46. The molecule has 0 radical (unpaired) electrons. The molecule has 0 amide bonds. The summed E-state index contributed by atoms with van der Waals surface area (Å²) >= 11 is 7.83. The van der Waals surface area contributed by atoms with Gasteiger partial charge in [0.05, 0.1) is 6.20 Å². The zero-order valence-corrected chi connectivity index (χ0v) is 10.0. The van der Waals surface area contributed by atoms with E-state index in [1.165, 1.54) is 19.0 Å². The van der Waals surface area contributed by atoms with Crippen molar-refractivity contribution in [2.45, 2.75) is 17.6 Å². The van der Waals surface area contributed by atoms with E-state index in [4.69, 9.17) is 17.3 Å². The van der Waals surface area contributed by atoms with E-state index in [2.05, 4.69) is 21.5 Å². The molecule has 3 N–H and O–H groups in total. The normalized spacial score (nSPS) is 17.5. The van der Waals surface area contributed by atoms with Crippen LogP contribution < -0.4 is 11.1 Å². The number of nitrogen functional groups attached to an aromatic ring is 1. The van der Waals surface area contributed by atoms with Crippen molar-refractivity contribution in [2.75, 3.05) is 23.9 Å². The molecule has 0 bridgehead atoms. The lowest BCUT2D eigenvalue weighted by Gasteiger charge is -2.14. The maximum absolute atomic E-state index is 5.94. The number of nitrogens with two attached hydrogens (primary N) is 1. The number of aromatic nitrogens is 2. The van der Waals surface area contributed by atoms with Gasteiger partial charge in [0.15, 0.2) is 5.82 Å². The van der Waals surface area contributed by atoms with Gasteiger partial charge in [0.1, 0.15) is 5.02 Å². The smallest absolute Gasteiger partial charge is 0.222 e. The Morgan fingerprint density at radius 1 is 1.67 bits per heavy atom. The minimum atomic E-state index is 0.246. The molecule has 82 valence electrons. The van der Waals surface area contributed by atoms with Gasteiger partial charge in [-0.15, -0.1) is 0 Å². The van der Waals surface area contributed by atoms with E-state index in [1.807, 2.05) is 11.8 Å². The summed E-state index contributed by atoms with van der Waals surface area (Å²) in [7, 11) is 0. The lowest BCUT2D eigenvalue weighted by molar-refractivity contribution is 0.938. The van der Waals surface area contributed by atoms with Gasteiger partial charge < -0.3 is 11.1 Å². The quantitative estimate of drug-likeness (QED) is 0.849. The van der Waals surface area contributed by atoms with E-state index in [1.54, 1.807) is 0 Å². The van der Waals surface area contributed by atoms with E-state index in [9.17, 15) is 0 Å². The van der Waals surface area contributed by atoms with Gasteiger partial charge in [0.25, 0.3) is 0 Å². The van der Waals surface area contributed by atoms with Gasteiger partial charge in [-0.05, 0) is 19.1 Å². The Hall–Kier alpha value is -0.680. The van der Waals surface area contributed by atoms with Gasteiger partial charge in [0.2, 0.25) is 5.95 Å². The van der Waals surface area contributed by atoms with Gasteiger partial charge in [-0.25, -0.2) is 4.98 Å². The van der Waals surface area contributed by atoms with Crippen molar-refractivity contribution in [1.82, 2.24) is 9.97 Å². The van der Waals surface area contributed by atoms with Crippen LogP contribution in [0.15, 0.2) is 6.20 Å². The zero-order chi connectivity index (χ0) is 10.9. The molecule has 1 heterocycles. The number of halogens is 1. The van der Waals surface area contributed by atoms with E-state index >= 15 is 0 Å². The molecule has 0 atom stereocenters. The summed E-state index contributed by atoms with van der Waals surface area (Å²) in [6.07, 6.45) is 6.15. The first-order valence-electron chi connectivity index (χ1n) is 4.72. The minimum absolute atomic E-state index is 0.246. The molecule has 1 aromatic rings. The molecule has 1 aliphatic carbocycles. The molecular formula is C9H13ClN4S. The zero-order valence-electron chi connectivity index (χ0n) is 8.46. The second-order valence-electron chi connectivity index (χ2n) is 3.67. The fourth-order valence-electron chi connectivity index (χ4n) is 1.34. The van der Waals surface area contributed by atoms with Crippen LogP contribution in [0.4, 0.5) is 11.8 Å². The number of hydrogen-bond donors (Lipinski definition) is 2. The third-order valence-corrected chi connectivity index (χ3v) is 4.28. The highest BCUT2D eigenvalue weighted by Gasteiger charge is 2.41. The molecule has 15 heavy (non-hydrogen) atoms. The first-order valence-corrected chi connectivity index (χ1v) is 6.32. The predicted molar refractivity (Wildman–Crippen MR) is 65.4 cm³/mol. The Labute approximate surface area is 98.0 Å². The number of rotatable bonds is 4. The molecule has 0 saturated heterocycles. The second-order valence-corrected chi connectivity index (χ2v) is 5.35. The monoisotopic (exact) mass is 244 g/mol. The van der Waals surface area contributed by atoms with Crippen molar-refractivity contribution in [2.24, 2.45) is 0 Å². The molecular weight excluding hydrogens is 232 g/mol. The topological polar surface area (TPSA) is 63.8 Å². The van der Waals surface area contributed by atoms with E-state index < -0.39 is 0 Å². The van der Waals surface area contributed by atoms with Crippen LogP contribution in [-0.4, -0.2) is 27.5 Å². The van der Waals surface area contributed by atoms with Crippen molar-refractivity contribution in [3.63, 3.8) is 0 Å². The highest BCUT2D eigenvalue weighted by atomic mass is 35.5. The first kappa shape index (κ1) is 10.8. The van der Waals surface area contributed by atoms with Crippen molar-refractivity contribution in [3.8, 4) is 0 Å². The van der Waals surface area contributed by atoms with Crippen molar-refractivity contribution < 1.29 is 0 Å². The summed E-state index contributed by atoms with van der Waals surface area (Å²) in [5, 5.41) is 3.74. The van der Waals surface area contributed by atoms with E-state index in [-0.39, 0.29) is 5.95 Å². The third-order valence-electron chi connectivity index (χ3n) is 2.58. The summed E-state index contributed by atoms with van der Waals surface area (Å²) in [4.78, 5) is 7.86. The predicted octanol–water partition coefficient (Wildman–Crippen LogP) is 2.02. The largest absolute Gasteiger partial charge is 0.368 e. The van der Waals surface area contributed by atoms with Gasteiger partial charge in [-0.1, -0.05) is 11.6 Å². The molecule has 1 fully saturated rings. The highest BCUT2D eigenvalue weighted by Crippen LogP contribution is 2.47. The fourth-order valence-corrected chi connectivity index (χ4v) is 2.23. The van der Waals surface area contributed by atoms with Crippen molar-refractivity contribution in [3.05, 3.63) is 11.2 Å². The van der Waals surface area contributed by atoms with E-state index in [0.717, 1.165) is 6.54 Å². The van der Waals surface area contributed by atoms with Gasteiger partial charge in [0, 0.05) is 11.3 Å². The molecule has 0 aromatic carbocycles. The summed E-state index contributed by atoms with van der Waals surface area (Å²) in [5.41, 5.74) is 5.49. The summed E-state index contributed by atoms with van der Waals surface area (Å²) in [6, 6.07) is 0. The lowest BCUT2D eigenvalue weighted by atomic mass is 10.4. The molecule has 6 heteroatoms.